The molecular formula is C12H13F2N3O2S. The van der Waals surface area contributed by atoms with Crippen LogP contribution in [0.5, 0.6) is 5.75 Å². The highest BCUT2D eigenvalue weighted by Crippen LogP contribution is 2.16. The maximum absolute atomic E-state index is 12.0. The van der Waals surface area contributed by atoms with Gasteiger partial charge in [-0.25, -0.2) is 4.98 Å². The molecule has 0 saturated heterocycles. The van der Waals surface area contributed by atoms with E-state index < -0.39 is 17.4 Å². The van der Waals surface area contributed by atoms with Gasteiger partial charge in [0.2, 0.25) is 5.16 Å². The summed E-state index contributed by atoms with van der Waals surface area (Å²) in [5.41, 5.74) is 0.729. The van der Waals surface area contributed by atoms with Crippen molar-refractivity contribution in [3.63, 3.8) is 0 Å². The van der Waals surface area contributed by atoms with E-state index in [4.69, 9.17) is 0 Å². The summed E-state index contributed by atoms with van der Waals surface area (Å²) in [6, 6.07) is 5.99. The number of benzene rings is 1. The van der Waals surface area contributed by atoms with Crippen molar-refractivity contribution in [3.05, 3.63) is 35.7 Å². The number of nitrogens with one attached hydrogen (secondary N) is 1. The van der Waals surface area contributed by atoms with Crippen LogP contribution in [-0.4, -0.2) is 26.0 Å². The minimum absolute atomic E-state index is 0.0701. The standard InChI is InChI=1S/C12H13F2N3O2S/c1-2-10-15-12(17-16-10)20(18)7-8-3-5-9(6-4-8)19-11(13)14/h3-6,11H,2,7H2,1H3,(H,15,16,17). The molecule has 0 saturated carbocycles. The second kappa shape index (κ2) is 6.56. The van der Waals surface area contributed by atoms with Crippen LogP contribution in [0.2, 0.25) is 0 Å². The molecule has 1 atom stereocenters. The van der Waals surface area contributed by atoms with Crippen LogP contribution in [0.1, 0.15) is 18.3 Å². The van der Waals surface area contributed by atoms with Gasteiger partial charge in [-0.2, -0.15) is 8.78 Å². The number of aryl methyl sites for hydroxylation is 1. The van der Waals surface area contributed by atoms with Gasteiger partial charge in [-0.05, 0) is 17.7 Å². The lowest BCUT2D eigenvalue weighted by atomic mass is 10.2. The quantitative estimate of drug-likeness (QED) is 0.889. The summed E-state index contributed by atoms with van der Waals surface area (Å²) >= 11 is 0. The predicted octanol–water partition coefficient (Wildman–Crippen LogP) is 2.28. The molecule has 108 valence electrons. The van der Waals surface area contributed by atoms with Gasteiger partial charge in [-0.1, -0.05) is 19.1 Å². The highest BCUT2D eigenvalue weighted by molar-refractivity contribution is 7.84. The first-order valence-corrected chi connectivity index (χ1v) is 7.23. The van der Waals surface area contributed by atoms with Gasteiger partial charge in [0.25, 0.3) is 0 Å². The van der Waals surface area contributed by atoms with Crippen LogP contribution in [0.25, 0.3) is 0 Å². The number of aromatic amines is 1. The topological polar surface area (TPSA) is 67.9 Å². The molecule has 20 heavy (non-hydrogen) atoms. The molecule has 2 rings (SSSR count). The van der Waals surface area contributed by atoms with Crippen LogP contribution in [-0.2, 0) is 23.0 Å². The van der Waals surface area contributed by atoms with Crippen molar-refractivity contribution in [2.45, 2.75) is 30.9 Å². The number of rotatable bonds is 6. The van der Waals surface area contributed by atoms with Crippen molar-refractivity contribution in [2.24, 2.45) is 0 Å². The van der Waals surface area contributed by atoms with Crippen molar-refractivity contribution >= 4 is 10.8 Å². The molecule has 2 aromatic rings. The zero-order chi connectivity index (χ0) is 14.5. The lowest BCUT2D eigenvalue weighted by Gasteiger charge is -2.05. The van der Waals surface area contributed by atoms with Crippen molar-refractivity contribution < 1.29 is 17.7 Å². The predicted molar refractivity (Wildman–Crippen MR) is 68.9 cm³/mol. The third-order valence-electron chi connectivity index (χ3n) is 2.50. The van der Waals surface area contributed by atoms with Crippen LogP contribution in [0.4, 0.5) is 8.78 Å². The van der Waals surface area contributed by atoms with E-state index >= 15 is 0 Å². The number of ether oxygens (including phenoxy) is 1. The van der Waals surface area contributed by atoms with E-state index in [1.165, 1.54) is 12.1 Å². The highest BCUT2D eigenvalue weighted by atomic mass is 32.2. The van der Waals surface area contributed by atoms with Gasteiger partial charge in [0.05, 0.1) is 16.6 Å². The van der Waals surface area contributed by atoms with Crippen LogP contribution >= 0.6 is 0 Å². The van der Waals surface area contributed by atoms with Crippen LogP contribution in [0.15, 0.2) is 29.4 Å². The fraction of sp³-hybridized carbons (Fsp3) is 0.333. The summed E-state index contributed by atoms with van der Waals surface area (Å²) in [7, 11) is -1.37. The van der Waals surface area contributed by atoms with Crippen LogP contribution < -0.4 is 4.74 Å². The minimum atomic E-state index is -2.85. The van der Waals surface area contributed by atoms with Gasteiger partial charge in [0, 0.05) is 6.42 Å². The maximum Gasteiger partial charge on any atom is 0.387 e. The number of aromatic nitrogens is 3. The normalized spacial score (nSPS) is 12.6. The Hall–Kier alpha value is -1.83. The van der Waals surface area contributed by atoms with Gasteiger partial charge in [0.15, 0.2) is 0 Å². The van der Waals surface area contributed by atoms with Crippen molar-refractivity contribution in [3.8, 4) is 5.75 Å². The molecule has 1 heterocycles. The largest absolute Gasteiger partial charge is 0.435 e. The Kier molecular flexibility index (Phi) is 4.78. The van der Waals surface area contributed by atoms with E-state index in [9.17, 15) is 13.0 Å². The average Bonchev–Trinajstić information content (AvgIpc) is 2.89. The third-order valence-corrected chi connectivity index (χ3v) is 3.68. The van der Waals surface area contributed by atoms with E-state index in [1.54, 1.807) is 12.1 Å². The Morgan fingerprint density at radius 2 is 2.05 bits per heavy atom. The molecule has 1 unspecified atom stereocenters. The first-order chi connectivity index (χ1) is 9.58. The SMILES string of the molecule is CCc1nc(S(=O)Cc2ccc(OC(F)F)cc2)n[nH]1. The van der Waals surface area contributed by atoms with E-state index in [0.29, 0.717) is 12.2 Å². The summed E-state index contributed by atoms with van der Waals surface area (Å²) < 4.78 is 40.3. The van der Waals surface area contributed by atoms with Crippen molar-refractivity contribution in [1.82, 2.24) is 15.2 Å². The molecule has 0 aliphatic heterocycles. The summed E-state index contributed by atoms with van der Waals surface area (Å²) in [4.78, 5) is 4.09. The maximum atomic E-state index is 12.0. The van der Waals surface area contributed by atoms with Crippen LogP contribution in [0, 0.1) is 0 Å². The van der Waals surface area contributed by atoms with Gasteiger partial charge in [0.1, 0.15) is 11.6 Å². The smallest absolute Gasteiger partial charge is 0.387 e. The first kappa shape index (κ1) is 14.6. The molecule has 0 spiro atoms. The summed E-state index contributed by atoms with van der Waals surface area (Å²) in [6.07, 6.45) is 0.684. The number of alkyl halides is 2. The summed E-state index contributed by atoms with van der Waals surface area (Å²) in [6.45, 7) is -0.940. The number of hydrogen-bond acceptors (Lipinski definition) is 4. The zero-order valence-corrected chi connectivity index (χ0v) is 11.5. The Morgan fingerprint density at radius 3 is 2.60 bits per heavy atom. The van der Waals surface area contributed by atoms with Gasteiger partial charge in [-0.3, -0.25) is 9.31 Å². The summed E-state index contributed by atoms with van der Waals surface area (Å²) in [5.74, 6) is 0.963. The molecule has 1 aromatic heterocycles. The Morgan fingerprint density at radius 1 is 1.35 bits per heavy atom. The molecule has 0 aliphatic carbocycles. The molecule has 1 N–H and O–H groups in total. The summed E-state index contributed by atoms with van der Waals surface area (Å²) in [5, 5.41) is 6.82. The molecule has 0 fully saturated rings. The van der Waals surface area contributed by atoms with Crippen LogP contribution in [0.3, 0.4) is 0 Å². The molecule has 0 bridgehead atoms. The molecule has 0 aliphatic rings. The minimum Gasteiger partial charge on any atom is -0.435 e. The molecule has 1 aromatic carbocycles. The highest BCUT2D eigenvalue weighted by Gasteiger charge is 2.11. The second-order valence-corrected chi connectivity index (χ2v) is 5.28. The molecule has 0 radical (unpaired) electrons. The number of H-pyrrole nitrogens is 1. The fourth-order valence-corrected chi connectivity index (χ4v) is 2.50. The van der Waals surface area contributed by atoms with Gasteiger partial charge >= 0.3 is 6.61 Å². The number of nitrogens with zero attached hydrogens (tertiary/aromatic N) is 2. The first-order valence-electron chi connectivity index (χ1n) is 5.92. The number of hydrogen-bond donors (Lipinski definition) is 1. The third kappa shape index (κ3) is 3.83. The molecule has 0 amide bonds. The lowest BCUT2D eigenvalue weighted by molar-refractivity contribution is -0.0498. The van der Waals surface area contributed by atoms with E-state index in [-0.39, 0.29) is 16.7 Å². The van der Waals surface area contributed by atoms with E-state index in [2.05, 4.69) is 19.9 Å². The fourth-order valence-electron chi connectivity index (χ4n) is 1.52. The van der Waals surface area contributed by atoms with E-state index in [0.717, 1.165) is 5.56 Å². The Bertz CT molecular complexity index is 587. The van der Waals surface area contributed by atoms with Gasteiger partial charge < -0.3 is 4.74 Å². The van der Waals surface area contributed by atoms with Crippen molar-refractivity contribution in [1.29, 1.82) is 0 Å². The second-order valence-electron chi connectivity index (χ2n) is 3.93. The average molecular weight is 301 g/mol. The monoisotopic (exact) mass is 301 g/mol. The lowest BCUT2D eigenvalue weighted by Crippen LogP contribution is -2.02. The zero-order valence-electron chi connectivity index (χ0n) is 10.7. The molecule has 5 nitrogen and oxygen atoms in total. The van der Waals surface area contributed by atoms with Gasteiger partial charge in [-0.15, -0.1) is 5.10 Å². The van der Waals surface area contributed by atoms with E-state index in [1.807, 2.05) is 6.92 Å². The Balaban J connectivity index is 2.00. The van der Waals surface area contributed by atoms with Crippen molar-refractivity contribution in [2.75, 3.05) is 0 Å². The molecule has 8 heteroatoms. The molecular weight excluding hydrogens is 288 g/mol. The Labute approximate surface area is 116 Å². The number of halogens is 2.